The zero-order valence-corrected chi connectivity index (χ0v) is 22.9. The number of rotatable bonds is 8. The van der Waals surface area contributed by atoms with Crippen LogP contribution >= 0.6 is 0 Å². The molecule has 37 heavy (non-hydrogen) atoms. The third-order valence-electron chi connectivity index (χ3n) is 8.60. The summed E-state index contributed by atoms with van der Waals surface area (Å²) in [6.45, 7) is 11.9. The maximum atomic E-state index is 13.8. The molecular formula is C28H39N7O2. The van der Waals surface area contributed by atoms with Gasteiger partial charge in [-0.25, -0.2) is 4.98 Å². The van der Waals surface area contributed by atoms with E-state index >= 15 is 0 Å². The first-order chi connectivity index (χ1) is 17.8. The van der Waals surface area contributed by atoms with Crippen molar-refractivity contribution in [2.24, 2.45) is 13.0 Å². The summed E-state index contributed by atoms with van der Waals surface area (Å²) < 4.78 is 5.83. The molecule has 3 heterocycles. The van der Waals surface area contributed by atoms with Crippen molar-refractivity contribution in [2.45, 2.75) is 83.3 Å². The van der Waals surface area contributed by atoms with E-state index in [2.05, 4.69) is 35.4 Å². The summed E-state index contributed by atoms with van der Waals surface area (Å²) in [5, 5.41) is 8.28. The number of likely N-dealkylation sites (N-methyl/N-ethyl adjacent to an activating group) is 1. The molecule has 3 aromatic rings. The number of pyridine rings is 1. The van der Waals surface area contributed by atoms with Gasteiger partial charge in [0.05, 0.1) is 23.4 Å². The van der Waals surface area contributed by atoms with Crippen LogP contribution in [0.4, 0.5) is 11.4 Å². The van der Waals surface area contributed by atoms with Crippen LogP contribution in [0.5, 0.6) is 0 Å². The van der Waals surface area contributed by atoms with E-state index in [1.54, 1.807) is 11.9 Å². The SMILES string of the molecule is C=CC(=O)N(C)C1CC(n2cc(Nc3cn(C)nc3C(C)CC)c3ncn(C45CC4C5)c3c2=O)C1.CC. The third kappa shape index (κ3) is 3.99. The van der Waals surface area contributed by atoms with Gasteiger partial charge < -0.3 is 19.4 Å². The number of aromatic nitrogens is 5. The van der Waals surface area contributed by atoms with Crippen molar-refractivity contribution < 1.29 is 4.79 Å². The molecule has 0 radical (unpaired) electrons. The topological polar surface area (TPSA) is 90.0 Å². The summed E-state index contributed by atoms with van der Waals surface area (Å²) in [7, 11) is 3.73. The van der Waals surface area contributed by atoms with E-state index in [-0.39, 0.29) is 29.1 Å². The molecule has 1 N–H and O–H groups in total. The van der Waals surface area contributed by atoms with Gasteiger partial charge in [-0.2, -0.15) is 5.10 Å². The predicted molar refractivity (Wildman–Crippen MR) is 146 cm³/mol. The minimum absolute atomic E-state index is 0.00413. The number of carbonyl (C=O) groups is 1. The molecule has 0 spiro atoms. The molecule has 9 heteroatoms. The molecule has 1 unspecified atom stereocenters. The van der Waals surface area contributed by atoms with Crippen LogP contribution < -0.4 is 10.9 Å². The lowest BCUT2D eigenvalue weighted by atomic mass is 9.85. The molecule has 0 saturated heterocycles. The minimum atomic E-state index is -0.0848. The van der Waals surface area contributed by atoms with Crippen LogP contribution in [-0.4, -0.2) is 47.8 Å². The van der Waals surface area contributed by atoms with Gasteiger partial charge in [-0.3, -0.25) is 14.3 Å². The molecular weight excluding hydrogens is 466 g/mol. The van der Waals surface area contributed by atoms with Crippen molar-refractivity contribution in [3.8, 4) is 0 Å². The molecule has 3 aromatic heterocycles. The zero-order valence-electron chi connectivity index (χ0n) is 22.9. The number of hydrogen-bond donors (Lipinski definition) is 1. The molecule has 1 atom stereocenters. The first kappa shape index (κ1) is 25.3. The van der Waals surface area contributed by atoms with Crippen molar-refractivity contribution in [3.05, 3.63) is 47.4 Å². The van der Waals surface area contributed by atoms with E-state index in [1.165, 1.54) is 6.08 Å². The lowest BCUT2D eigenvalue weighted by Gasteiger charge is -2.41. The van der Waals surface area contributed by atoms with Gasteiger partial charge in [0.1, 0.15) is 11.0 Å². The average Bonchev–Trinajstić information content (AvgIpc) is 3.63. The van der Waals surface area contributed by atoms with Crippen LogP contribution in [0.2, 0.25) is 0 Å². The van der Waals surface area contributed by atoms with Crippen molar-refractivity contribution in [2.75, 3.05) is 12.4 Å². The zero-order chi connectivity index (χ0) is 26.6. The first-order valence-corrected chi connectivity index (χ1v) is 13.6. The highest BCUT2D eigenvalue weighted by molar-refractivity contribution is 5.90. The Balaban J connectivity index is 0.00000137. The lowest BCUT2D eigenvalue weighted by molar-refractivity contribution is -0.129. The van der Waals surface area contributed by atoms with E-state index in [1.807, 2.05) is 48.9 Å². The molecule has 0 aliphatic heterocycles. The number of aryl methyl sites for hydroxylation is 1. The number of anilines is 2. The van der Waals surface area contributed by atoms with Gasteiger partial charge in [-0.15, -0.1) is 0 Å². The number of hydrogen-bond acceptors (Lipinski definition) is 5. The van der Waals surface area contributed by atoms with E-state index in [0.717, 1.165) is 49.2 Å². The summed E-state index contributed by atoms with van der Waals surface area (Å²) in [5.74, 6) is 0.908. The van der Waals surface area contributed by atoms with Gasteiger partial charge in [0, 0.05) is 50.0 Å². The summed E-state index contributed by atoms with van der Waals surface area (Å²) in [4.78, 5) is 32.3. The Kier molecular flexibility index (Phi) is 6.28. The number of carbonyl (C=O) groups excluding carboxylic acids is 1. The minimum Gasteiger partial charge on any atom is -0.350 e. The average molecular weight is 506 g/mol. The van der Waals surface area contributed by atoms with Crippen molar-refractivity contribution in [3.63, 3.8) is 0 Å². The fourth-order valence-corrected chi connectivity index (χ4v) is 5.63. The number of amides is 1. The Morgan fingerprint density at radius 2 is 1.97 bits per heavy atom. The van der Waals surface area contributed by atoms with E-state index in [0.29, 0.717) is 22.9 Å². The van der Waals surface area contributed by atoms with E-state index in [4.69, 9.17) is 4.98 Å². The molecule has 198 valence electrons. The highest BCUT2D eigenvalue weighted by atomic mass is 16.2. The van der Waals surface area contributed by atoms with Gasteiger partial charge in [0.15, 0.2) is 0 Å². The van der Waals surface area contributed by atoms with Crippen molar-refractivity contribution in [1.82, 2.24) is 28.8 Å². The number of nitrogens with zero attached hydrogens (tertiary/aromatic N) is 6. The van der Waals surface area contributed by atoms with Crippen LogP contribution in [0, 0.1) is 5.92 Å². The van der Waals surface area contributed by atoms with Gasteiger partial charge in [-0.05, 0) is 44.1 Å². The van der Waals surface area contributed by atoms with Crippen molar-refractivity contribution >= 4 is 28.3 Å². The first-order valence-electron chi connectivity index (χ1n) is 13.6. The summed E-state index contributed by atoms with van der Waals surface area (Å²) in [6, 6.07) is 0.148. The summed E-state index contributed by atoms with van der Waals surface area (Å²) in [5.41, 5.74) is 4.29. The Hall–Kier alpha value is -3.36. The Bertz CT molecular complexity index is 1400. The molecule has 0 aromatic carbocycles. The number of nitrogens with one attached hydrogen (secondary N) is 1. The van der Waals surface area contributed by atoms with E-state index < -0.39 is 0 Å². The second-order valence-corrected chi connectivity index (χ2v) is 10.7. The standard InChI is InChI=1S/C26H33N7O2.C2H6/c1-6-15(3)22-19(12-30(4)29-22)28-20-13-32(18-8-17(9-18)31(5)21(34)7-2)25(35)24-23(20)27-14-33(24)26-10-16(26)11-26;1-2/h7,12-18,28H,2,6,8-11H2,1,3-5H3;1-2H3. The molecule has 3 aliphatic rings. The smallest absolute Gasteiger partial charge is 0.277 e. The largest absolute Gasteiger partial charge is 0.350 e. The van der Waals surface area contributed by atoms with E-state index in [9.17, 15) is 9.59 Å². The van der Waals surface area contributed by atoms with Crippen LogP contribution in [0.15, 0.2) is 36.2 Å². The fraction of sp³-hybridized carbons (Fsp3) is 0.571. The van der Waals surface area contributed by atoms with Gasteiger partial charge in [0.25, 0.3) is 5.56 Å². The third-order valence-corrected chi connectivity index (χ3v) is 8.60. The van der Waals surface area contributed by atoms with Crippen molar-refractivity contribution in [1.29, 1.82) is 0 Å². The quantitative estimate of drug-likeness (QED) is 0.449. The van der Waals surface area contributed by atoms with Gasteiger partial charge in [-0.1, -0.05) is 34.3 Å². The van der Waals surface area contributed by atoms with Crippen LogP contribution in [0.1, 0.15) is 77.5 Å². The maximum Gasteiger partial charge on any atom is 0.277 e. The van der Waals surface area contributed by atoms with Gasteiger partial charge >= 0.3 is 0 Å². The summed E-state index contributed by atoms with van der Waals surface area (Å²) in [6.07, 6.45) is 11.9. The lowest BCUT2D eigenvalue weighted by Crippen LogP contribution is -2.47. The van der Waals surface area contributed by atoms with Crippen LogP contribution in [0.25, 0.3) is 11.0 Å². The molecule has 3 aliphatic carbocycles. The molecule has 3 saturated carbocycles. The summed E-state index contributed by atoms with van der Waals surface area (Å²) >= 11 is 0. The molecule has 1 amide bonds. The highest BCUT2D eigenvalue weighted by Gasteiger charge is 2.71. The highest BCUT2D eigenvalue weighted by Crippen LogP contribution is 2.73. The Morgan fingerprint density at radius 1 is 1.30 bits per heavy atom. The van der Waals surface area contributed by atoms with Crippen LogP contribution in [0.3, 0.4) is 0 Å². The van der Waals surface area contributed by atoms with Gasteiger partial charge in [0.2, 0.25) is 5.91 Å². The monoisotopic (exact) mass is 505 g/mol. The fourth-order valence-electron chi connectivity index (χ4n) is 5.63. The second kappa shape index (κ2) is 9.19. The molecule has 3 fully saturated rings. The second-order valence-electron chi connectivity index (χ2n) is 10.7. The normalized spacial score (nSPS) is 25.8. The predicted octanol–water partition coefficient (Wildman–Crippen LogP) is 4.68. The maximum absolute atomic E-state index is 13.8. The number of fused-ring (bicyclic) bond motifs is 2. The Labute approximate surface area is 218 Å². The molecule has 6 rings (SSSR count). The Morgan fingerprint density at radius 3 is 2.57 bits per heavy atom. The molecule has 9 nitrogen and oxygen atoms in total. The molecule has 0 bridgehead atoms. The number of imidazole rings is 1. The van der Waals surface area contributed by atoms with Crippen LogP contribution in [-0.2, 0) is 17.4 Å².